The fraction of sp³-hybridized carbons (Fsp3) is 0.143. The Hall–Kier alpha value is -2.43. The van der Waals surface area contributed by atoms with Crippen molar-refractivity contribution >= 4 is 11.6 Å². The maximum absolute atomic E-state index is 12.8. The molecule has 0 bridgehead atoms. The minimum Gasteiger partial charge on any atom is -0.397 e. The molecule has 5 heteroatoms. The molecule has 0 saturated heterocycles. The fourth-order valence-electron chi connectivity index (χ4n) is 1.64. The SMILES string of the molecule is CC(NC(=O)c1ccc(N)cn1)c1ccc(F)cc1. The molecule has 0 aliphatic heterocycles. The topological polar surface area (TPSA) is 68.0 Å². The normalized spacial score (nSPS) is 11.9. The number of anilines is 1. The van der Waals surface area contributed by atoms with E-state index in [1.54, 1.807) is 24.3 Å². The number of nitrogens with one attached hydrogen (secondary N) is 1. The summed E-state index contributed by atoms with van der Waals surface area (Å²) in [5.74, 6) is -0.598. The number of pyridine rings is 1. The summed E-state index contributed by atoms with van der Waals surface area (Å²) in [6.07, 6.45) is 1.43. The molecular weight excluding hydrogens is 245 g/mol. The van der Waals surface area contributed by atoms with E-state index in [-0.39, 0.29) is 17.8 Å². The number of amides is 1. The minimum absolute atomic E-state index is 0.229. The van der Waals surface area contributed by atoms with Gasteiger partial charge in [-0.15, -0.1) is 0 Å². The van der Waals surface area contributed by atoms with Gasteiger partial charge in [0.05, 0.1) is 17.9 Å². The number of nitrogens with zero attached hydrogens (tertiary/aromatic N) is 1. The third-order valence-electron chi connectivity index (χ3n) is 2.74. The van der Waals surface area contributed by atoms with Crippen LogP contribution in [0.15, 0.2) is 42.6 Å². The second-order valence-electron chi connectivity index (χ2n) is 4.22. The second-order valence-corrected chi connectivity index (χ2v) is 4.22. The van der Waals surface area contributed by atoms with Gasteiger partial charge in [-0.2, -0.15) is 0 Å². The molecule has 2 rings (SSSR count). The number of hydrogen-bond donors (Lipinski definition) is 2. The van der Waals surface area contributed by atoms with Crippen molar-refractivity contribution in [3.05, 3.63) is 59.7 Å². The van der Waals surface area contributed by atoms with E-state index in [1.165, 1.54) is 18.3 Å². The zero-order valence-electron chi connectivity index (χ0n) is 10.4. The van der Waals surface area contributed by atoms with Crippen LogP contribution in [-0.2, 0) is 0 Å². The van der Waals surface area contributed by atoms with Crippen molar-refractivity contribution in [3.8, 4) is 0 Å². The molecule has 0 aliphatic carbocycles. The highest BCUT2D eigenvalue weighted by Gasteiger charge is 2.12. The summed E-state index contributed by atoms with van der Waals surface area (Å²) >= 11 is 0. The average Bonchev–Trinajstić information content (AvgIpc) is 2.40. The molecule has 0 radical (unpaired) electrons. The van der Waals surface area contributed by atoms with Gasteiger partial charge >= 0.3 is 0 Å². The molecule has 19 heavy (non-hydrogen) atoms. The van der Waals surface area contributed by atoms with Crippen molar-refractivity contribution in [1.29, 1.82) is 0 Å². The first-order chi connectivity index (χ1) is 9.06. The lowest BCUT2D eigenvalue weighted by Crippen LogP contribution is -2.27. The molecule has 0 aliphatic rings. The van der Waals surface area contributed by atoms with Crippen LogP contribution in [0.2, 0.25) is 0 Å². The van der Waals surface area contributed by atoms with Gasteiger partial charge in [-0.3, -0.25) is 4.79 Å². The molecular formula is C14H14FN3O. The van der Waals surface area contributed by atoms with Crippen LogP contribution in [0.3, 0.4) is 0 Å². The number of hydrogen-bond acceptors (Lipinski definition) is 3. The Morgan fingerprint density at radius 1 is 1.26 bits per heavy atom. The predicted molar refractivity (Wildman–Crippen MR) is 70.9 cm³/mol. The van der Waals surface area contributed by atoms with E-state index in [2.05, 4.69) is 10.3 Å². The fourth-order valence-corrected chi connectivity index (χ4v) is 1.64. The highest BCUT2D eigenvalue weighted by molar-refractivity contribution is 5.92. The number of halogens is 1. The largest absolute Gasteiger partial charge is 0.397 e. The van der Waals surface area contributed by atoms with Crippen molar-refractivity contribution in [1.82, 2.24) is 10.3 Å². The highest BCUT2D eigenvalue weighted by atomic mass is 19.1. The van der Waals surface area contributed by atoms with E-state index in [0.29, 0.717) is 11.4 Å². The highest BCUT2D eigenvalue weighted by Crippen LogP contribution is 2.13. The Labute approximate surface area is 110 Å². The molecule has 98 valence electrons. The number of rotatable bonds is 3. The molecule has 3 N–H and O–H groups in total. The molecule has 1 aromatic carbocycles. The lowest BCUT2D eigenvalue weighted by Gasteiger charge is -2.14. The summed E-state index contributed by atoms with van der Waals surface area (Å²) in [7, 11) is 0. The monoisotopic (exact) mass is 259 g/mol. The molecule has 0 spiro atoms. The van der Waals surface area contributed by atoms with Gasteiger partial charge in [-0.05, 0) is 36.8 Å². The summed E-state index contributed by atoms with van der Waals surface area (Å²) < 4.78 is 12.8. The average molecular weight is 259 g/mol. The summed E-state index contributed by atoms with van der Waals surface area (Å²) in [6.45, 7) is 1.82. The van der Waals surface area contributed by atoms with Gasteiger partial charge in [-0.25, -0.2) is 9.37 Å². The van der Waals surface area contributed by atoms with E-state index in [9.17, 15) is 9.18 Å². The molecule has 1 aromatic heterocycles. The Balaban J connectivity index is 2.06. The number of carbonyl (C=O) groups is 1. The summed E-state index contributed by atoms with van der Waals surface area (Å²) in [5, 5.41) is 2.79. The van der Waals surface area contributed by atoms with Crippen molar-refractivity contribution in [2.75, 3.05) is 5.73 Å². The first-order valence-corrected chi connectivity index (χ1v) is 5.84. The first-order valence-electron chi connectivity index (χ1n) is 5.84. The summed E-state index contributed by atoms with van der Waals surface area (Å²) in [6, 6.07) is 8.94. The molecule has 0 fully saturated rings. The lowest BCUT2D eigenvalue weighted by atomic mass is 10.1. The maximum atomic E-state index is 12.8. The smallest absolute Gasteiger partial charge is 0.270 e. The molecule has 1 unspecified atom stereocenters. The third kappa shape index (κ3) is 3.28. The Morgan fingerprint density at radius 2 is 1.95 bits per heavy atom. The third-order valence-corrected chi connectivity index (χ3v) is 2.74. The van der Waals surface area contributed by atoms with Crippen molar-refractivity contribution in [2.45, 2.75) is 13.0 Å². The van der Waals surface area contributed by atoms with Crippen molar-refractivity contribution in [3.63, 3.8) is 0 Å². The molecule has 1 heterocycles. The zero-order chi connectivity index (χ0) is 13.8. The van der Waals surface area contributed by atoms with Crippen LogP contribution in [-0.4, -0.2) is 10.9 Å². The van der Waals surface area contributed by atoms with Gasteiger partial charge in [0.2, 0.25) is 0 Å². The van der Waals surface area contributed by atoms with Crippen molar-refractivity contribution in [2.24, 2.45) is 0 Å². The maximum Gasteiger partial charge on any atom is 0.270 e. The number of carbonyl (C=O) groups excluding carboxylic acids is 1. The zero-order valence-corrected chi connectivity index (χ0v) is 10.4. The minimum atomic E-state index is -0.303. The molecule has 0 saturated carbocycles. The van der Waals surface area contributed by atoms with Crippen molar-refractivity contribution < 1.29 is 9.18 Å². The number of benzene rings is 1. The molecule has 4 nitrogen and oxygen atoms in total. The Bertz CT molecular complexity index is 566. The second kappa shape index (κ2) is 5.48. The molecule has 1 amide bonds. The van der Waals surface area contributed by atoms with E-state index in [0.717, 1.165) is 5.56 Å². The first kappa shape index (κ1) is 13.0. The van der Waals surface area contributed by atoms with Gasteiger partial charge in [-0.1, -0.05) is 12.1 Å². The van der Waals surface area contributed by atoms with Crippen LogP contribution in [0.1, 0.15) is 29.0 Å². The Morgan fingerprint density at radius 3 is 2.53 bits per heavy atom. The van der Waals surface area contributed by atoms with Crippen LogP contribution in [0.5, 0.6) is 0 Å². The molecule has 2 aromatic rings. The van der Waals surface area contributed by atoms with Gasteiger partial charge in [0.1, 0.15) is 11.5 Å². The van der Waals surface area contributed by atoms with E-state index in [1.807, 2.05) is 6.92 Å². The standard InChI is InChI=1S/C14H14FN3O/c1-9(10-2-4-11(15)5-3-10)18-14(19)13-7-6-12(16)8-17-13/h2-9H,16H2,1H3,(H,18,19). The van der Waals surface area contributed by atoms with Crippen LogP contribution >= 0.6 is 0 Å². The van der Waals surface area contributed by atoms with E-state index < -0.39 is 0 Å². The molecule has 1 atom stereocenters. The number of aromatic nitrogens is 1. The summed E-state index contributed by atoms with van der Waals surface area (Å²) in [4.78, 5) is 15.9. The lowest BCUT2D eigenvalue weighted by molar-refractivity contribution is 0.0935. The quantitative estimate of drug-likeness (QED) is 0.888. The number of nitrogen functional groups attached to an aromatic ring is 1. The summed E-state index contributed by atoms with van der Waals surface area (Å²) in [5.41, 5.74) is 7.13. The van der Waals surface area contributed by atoms with Gasteiger partial charge in [0.15, 0.2) is 0 Å². The predicted octanol–water partition coefficient (Wildman–Crippen LogP) is 2.29. The van der Waals surface area contributed by atoms with Gasteiger partial charge in [0, 0.05) is 0 Å². The number of nitrogens with two attached hydrogens (primary N) is 1. The van der Waals surface area contributed by atoms with E-state index in [4.69, 9.17) is 5.73 Å². The van der Waals surface area contributed by atoms with Gasteiger partial charge < -0.3 is 11.1 Å². The van der Waals surface area contributed by atoms with Crippen LogP contribution in [0.4, 0.5) is 10.1 Å². The van der Waals surface area contributed by atoms with Crippen LogP contribution in [0.25, 0.3) is 0 Å². The van der Waals surface area contributed by atoms with Gasteiger partial charge in [0.25, 0.3) is 5.91 Å². The van der Waals surface area contributed by atoms with E-state index >= 15 is 0 Å². The Kier molecular flexibility index (Phi) is 3.75. The van der Waals surface area contributed by atoms with Crippen LogP contribution < -0.4 is 11.1 Å². The van der Waals surface area contributed by atoms with Crippen LogP contribution in [0, 0.1) is 5.82 Å².